The average molecular weight is 257 g/mol. The van der Waals surface area contributed by atoms with Gasteiger partial charge in [-0.25, -0.2) is 0 Å². The third kappa shape index (κ3) is 1.58. The molecule has 1 aromatic carbocycles. The number of rotatable bonds is 1. The molecule has 1 aromatic heterocycles. The summed E-state index contributed by atoms with van der Waals surface area (Å²) in [6.45, 7) is 0. The van der Waals surface area contributed by atoms with Gasteiger partial charge in [0.2, 0.25) is 0 Å². The van der Waals surface area contributed by atoms with Crippen molar-refractivity contribution in [2.24, 2.45) is 0 Å². The van der Waals surface area contributed by atoms with Crippen molar-refractivity contribution in [3.63, 3.8) is 0 Å². The van der Waals surface area contributed by atoms with Crippen molar-refractivity contribution >= 4 is 11.0 Å². The van der Waals surface area contributed by atoms with Gasteiger partial charge in [0, 0.05) is 23.0 Å². The summed E-state index contributed by atoms with van der Waals surface area (Å²) < 4.78 is 5.61. The summed E-state index contributed by atoms with van der Waals surface area (Å²) in [5, 5.41) is 12.2. The van der Waals surface area contributed by atoms with Gasteiger partial charge in [0.15, 0.2) is 0 Å². The summed E-state index contributed by atoms with van der Waals surface area (Å²) in [5.74, 6) is 0. The predicted molar refractivity (Wildman–Crippen MR) is 73.9 cm³/mol. The van der Waals surface area contributed by atoms with Crippen LogP contribution in [0.2, 0.25) is 0 Å². The van der Waals surface area contributed by atoms with E-state index in [2.05, 4.69) is 11.9 Å². The first-order valence-corrected chi connectivity index (χ1v) is 7.08. The lowest BCUT2D eigenvalue weighted by Gasteiger charge is -2.41. The number of fused-ring (bicyclic) bond motifs is 3. The lowest BCUT2D eigenvalue weighted by Crippen LogP contribution is -2.47. The van der Waals surface area contributed by atoms with E-state index in [-0.39, 0.29) is 0 Å². The molecule has 2 bridgehead atoms. The maximum Gasteiger partial charge on any atom is 0.134 e. The number of piperidine rings is 1. The normalized spacial score (nSPS) is 35.1. The second kappa shape index (κ2) is 3.84. The van der Waals surface area contributed by atoms with E-state index >= 15 is 0 Å². The molecule has 0 amide bonds. The summed E-state index contributed by atoms with van der Waals surface area (Å²) in [7, 11) is 2.19. The molecule has 3 heterocycles. The van der Waals surface area contributed by atoms with Gasteiger partial charge in [-0.3, -0.25) is 0 Å². The minimum absolute atomic E-state index is 0.511. The van der Waals surface area contributed by atoms with E-state index in [0.29, 0.717) is 12.1 Å². The Bertz CT molecular complexity index is 604. The molecule has 100 valence electrons. The average Bonchev–Trinajstić information content (AvgIpc) is 2.92. The highest BCUT2D eigenvalue weighted by molar-refractivity contribution is 5.81. The van der Waals surface area contributed by atoms with Crippen molar-refractivity contribution in [1.82, 2.24) is 4.90 Å². The largest absolute Gasteiger partial charge is 0.464 e. The smallest absolute Gasteiger partial charge is 0.134 e. The van der Waals surface area contributed by atoms with Crippen LogP contribution in [0.1, 0.15) is 31.2 Å². The van der Waals surface area contributed by atoms with Crippen molar-refractivity contribution in [2.75, 3.05) is 7.05 Å². The van der Waals surface area contributed by atoms with Gasteiger partial charge in [0.25, 0.3) is 0 Å². The Kier molecular flexibility index (Phi) is 2.32. The van der Waals surface area contributed by atoms with Crippen LogP contribution in [0.5, 0.6) is 0 Å². The zero-order valence-corrected chi connectivity index (χ0v) is 11.2. The molecule has 2 aliphatic rings. The van der Waals surface area contributed by atoms with Gasteiger partial charge < -0.3 is 14.4 Å². The second-order valence-electron chi connectivity index (χ2n) is 6.14. The number of benzene rings is 1. The fourth-order valence-corrected chi connectivity index (χ4v) is 4.00. The molecule has 2 atom stereocenters. The van der Waals surface area contributed by atoms with E-state index in [1.165, 1.54) is 12.8 Å². The van der Waals surface area contributed by atoms with Crippen LogP contribution in [-0.4, -0.2) is 29.1 Å². The third-order valence-electron chi connectivity index (χ3n) is 5.11. The monoisotopic (exact) mass is 257 g/mol. The number of hydrogen-bond donors (Lipinski definition) is 1. The van der Waals surface area contributed by atoms with E-state index < -0.39 is 5.60 Å². The predicted octanol–water partition coefficient (Wildman–Crippen LogP) is 2.88. The maximum absolute atomic E-state index is 11.1. The van der Waals surface area contributed by atoms with Crippen LogP contribution >= 0.6 is 0 Å². The van der Waals surface area contributed by atoms with Crippen LogP contribution in [0.25, 0.3) is 11.0 Å². The number of nitrogens with zero attached hydrogens (tertiary/aromatic N) is 1. The zero-order valence-electron chi connectivity index (χ0n) is 11.2. The molecular formula is C16H19NO2. The van der Waals surface area contributed by atoms with Crippen LogP contribution in [0, 0.1) is 0 Å². The van der Waals surface area contributed by atoms with Gasteiger partial charge in [-0.1, -0.05) is 18.2 Å². The zero-order chi connectivity index (χ0) is 13.0. The summed E-state index contributed by atoms with van der Waals surface area (Å²) >= 11 is 0. The van der Waals surface area contributed by atoms with E-state index in [1.807, 2.05) is 24.3 Å². The van der Waals surface area contributed by atoms with Crippen LogP contribution in [0.3, 0.4) is 0 Å². The van der Waals surface area contributed by atoms with E-state index in [1.54, 1.807) is 6.26 Å². The Labute approximate surface area is 112 Å². The lowest BCUT2D eigenvalue weighted by molar-refractivity contribution is -0.0487. The molecule has 2 saturated heterocycles. The highest BCUT2D eigenvalue weighted by atomic mass is 16.3. The first-order chi connectivity index (χ1) is 9.17. The lowest BCUT2D eigenvalue weighted by atomic mass is 9.80. The van der Waals surface area contributed by atoms with Crippen molar-refractivity contribution < 1.29 is 9.52 Å². The number of hydrogen-bond acceptors (Lipinski definition) is 3. The molecule has 0 spiro atoms. The Hall–Kier alpha value is -1.32. The van der Waals surface area contributed by atoms with Crippen LogP contribution in [0.15, 0.2) is 34.9 Å². The van der Waals surface area contributed by atoms with Crippen molar-refractivity contribution in [2.45, 2.75) is 43.4 Å². The van der Waals surface area contributed by atoms with Gasteiger partial charge in [0.1, 0.15) is 5.58 Å². The van der Waals surface area contributed by atoms with Gasteiger partial charge in [-0.05, 0) is 38.8 Å². The van der Waals surface area contributed by atoms with Gasteiger partial charge in [0.05, 0.1) is 11.9 Å². The molecule has 2 aliphatic heterocycles. The van der Waals surface area contributed by atoms with Crippen LogP contribution in [-0.2, 0) is 5.60 Å². The molecule has 2 unspecified atom stereocenters. The molecule has 1 N–H and O–H groups in total. The van der Waals surface area contributed by atoms with Gasteiger partial charge in [-0.15, -0.1) is 0 Å². The highest BCUT2D eigenvalue weighted by Crippen LogP contribution is 2.46. The Morgan fingerprint density at radius 3 is 2.63 bits per heavy atom. The molecule has 0 saturated carbocycles. The van der Waals surface area contributed by atoms with E-state index in [9.17, 15) is 5.11 Å². The quantitative estimate of drug-likeness (QED) is 0.853. The first kappa shape index (κ1) is 11.5. The topological polar surface area (TPSA) is 36.6 Å². The SMILES string of the molecule is CN1C2CCC1CC(O)(c1coc3ccccc13)C2. The van der Waals surface area contributed by atoms with Crippen molar-refractivity contribution in [3.8, 4) is 0 Å². The molecule has 19 heavy (non-hydrogen) atoms. The highest BCUT2D eigenvalue weighted by Gasteiger charge is 2.47. The summed E-state index contributed by atoms with van der Waals surface area (Å²) in [5.41, 5.74) is 1.13. The Morgan fingerprint density at radius 1 is 1.21 bits per heavy atom. The fraction of sp³-hybridized carbons (Fsp3) is 0.500. The molecule has 0 aliphatic carbocycles. The first-order valence-electron chi connectivity index (χ1n) is 7.08. The molecule has 3 heteroatoms. The van der Waals surface area contributed by atoms with Crippen molar-refractivity contribution in [1.29, 1.82) is 0 Å². The van der Waals surface area contributed by atoms with Crippen LogP contribution in [0.4, 0.5) is 0 Å². The summed E-state index contributed by atoms with van der Waals surface area (Å²) in [6, 6.07) is 9.01. The van der Waals surface area contributed by atoms with Gasteiger partial charge in [-0.2, -0.15) is 0 Å². The molecule has 0 radical (unpaired) electrons. The standard InChI is InChI=1S/C16H19NO2/c1-17-11-6-7-12(17)9-16(18,8-11)14-10-19-15-5-3-2-4-13(14)15/h2-5,10-12,18H,6-9H2,1H3. The van der Waals surface area contributed by atoms with Crippen LogP contribution < -0.4 is 0 Å². The summed E-state index contributed by atoms with van der Waals surface area (Å²) in [4.78, 5) is 2.44. The Morgan fingerprint density at radius 2 is 1.89 bits per heavy atom. The van der Waals surface area contributed by atoms with Gasteiger partial charge >= 0.3 is 0 Å². The minimum Gasteiger partial charge on any atom is -0.464 e. The number of furan rings is 1. The number of aliphatic hydroxyl groups is 1. The third-order valence-corrected chi connectivity index (χ3v) is 5.11. The minimum atomic E-state index is -0.717. The molecule has 2 fully saturated rings. The van der Waals surface area contributed by atoms with E-state index in [0.717, 1.165) is 29.4 Å². The summed E-state index contributed by atoms with van der Waals surface area (Å²) in [6.07, 6.45) is 5.82. The fourth-order valence-electron chi connectivity index (χ4n) is 4.00. The molecule has 4 rings (SSSR count). The Balaban J connectivity index is 1.79. The molecule has 3 nitrogen and oxygen atoms in total. The second-order valence-corrected chi connectivity index (χ2v) is 6.14. The van der Waals surface area contributed by atoms with Crippen molar-refractivity contribution in [3.05, 3.63) is 36.1 Å². The molecular weight excluding hydrogens is 238 g/mol. The number of para-hydroxylation sites is 1. The van der Waals surface area contributed by atoms with E-state index in [4.69, 9.17) is 4.42 Å². The molecule has 2 aromatic rings. The maximum atomic E-state index is 11.1.